The number of pyridine rings is 1. The molecule has 5 N–H and O–H groups in total. The fraction of sp³-hybridized carbons (Fsp3) is 0.391. The largest absolute Gasteiger partial charge is 0.493 e. The molecule has 2 aromatic heterocycles. The number of aryl methyl sites for hydroxylation is 1. The molecule has 10 heteroatoms. The first-order valence-electron chi connectivity index (χ1n) is 10.8. The van der Waals surface area contributed by atoms with Crippen LogP contribution in [0, 0.1) is 6.92 Å². The number of hydrogen-bond donors (Lipinski definition) is 3. The van der Waals surface area contributed by atoms with Crippen molar-refractivity contribution >= 4 is 28.5 Å². The van der Waals surface area contributed by atoms with E-state index in [9.17, 15) is 8.78 Å². The SMILES string of the molecule is COc1cc(N=C(N)c2c(N)cc(N3CC(C)NC(C)C3)cc2C(F)F)cn2cc(C)nc12. The van der Waals surface area contributed by atoms with Gasteiger partial charge in [-0.25, -0.2) is 18.8 Å². The van der Waals surface area contributed by atoms with Gasteiger partial charge in [-0.05, 0) is 32.9 Å². The zero-order valence-electron chi connectivity index (χ0n) is 19.1. The Morgan fingerprint density at radius 2 is 1.91 bits per heavy atom. The normalized spacial score (nSPS) is 19.5. The number of imidazole rings is 1. The summed E-state index contributed by atoms with van der Waals surface area (Å²) in [5, 5.41) is 3.43. The average Bonchev–Trinajstić information content (AvgIpc) is 3.11. The third-order valence-corrected chi connectivity index (χ3v) is 5.69. The molecule has 0 bridgehead atoms. The highest BCUT2D eigenvalue weighted by molar-refractivity contribution is 6.05. The summed E-state index contributed by atoms with van der Waals surface area (Å²) in [6, 6.07) is 5.27. The number of nitrogen functional groups attached to an aromatic ring is 1. The molecule has 176 valence electrons. The maximum absolute atomic E-state index is 14.1. The standard InChI is InChI=1S/C23H29F2N7O/c1-12-8-31(9-13(2)28-12)16-6-17(21(24)25)20(18(26)7-16)22(27)30-15-5-19(33-4)23-29-14(3)10-32(23)11-15/h5-7,10-13,21,28H,8-9,26H2,1-4H3,(H2,27,30). The second kappa shape index (κ2) is 8.86. The summed E-state index contributed by atoms with van der Waals surface area (Å²) in [5.41, 5.74) is 15.0. The monoisotopic (exact) mass is 457 g/mol. The Hall–Kier alpha value is -3.40. The number of piperazine rings is 1. The summed E-state index contributed by atoms with van der Waals surface area (Å²) in [5.74, 6) is 0.408. The summed E-state index contributed by atoms with van der Waals surface area (Å²) in [6.07, 6.45) is 0.763. The van der Waals surface area contributed by atoms with Crippen molar-refractivity contribution in [3.63, 3.8) is 0 Å². The first kappa shape index (κ1) is 22.8. The molecule has 0 amide bonds. The molecule has 1 aromatic carbocycles. The molecule has 3 heterocycles. The van der Waals surface area contributed by atoms with Gasteiger partial charge in [-0.15, -0.1) is 0 Å². The number of anilines is 2. The van der Waals surface area contributed by atoms with Gasteiger partial charge in [0.15, 0.2) is 11.4 Å². The van der Waals surface area contributed by atoms with Crippen LogP contribution in [0.5, 0.6) is 5.75 Å². The predicted molar refractivity (Wildman–Crippen MR) is 127 cm³/mol. The number of aliphatic imine (C=N–C) groups is 1. The highest BCUT2D eigenvalue weighted by Gasteiger charge is 2.25. The van der Waals surface area contributed by atoms with Gasteiger partial charge in [-0.1, -0.05) is 0 Å². The number of amidine groups is 1. The Balaban J connectivity index is 1.76. The van der Waals surface area contributed by atoms with Crippen molar-refractivity contribution in [2.75, 3.05) is 30.8 Å². The maximum Gasteiger partial charge on any atom is 0.264 e. The lowest BCUT2D eigenvalue weighted by Gasteiger charge is -2.38. The number of nitrogens with one attached hydrogen (secondary N) is 1. The van der Waals surface area contributed by atoms with E-state index in [2.05, 4.69) is 34.0 Å². The molecule has 2 unspecified atom stereocenters. The number of aromatic nitrogens is 2. The molecule has 0 saturated carbocycles. The second-order valence-electron chi connectivity index (χ2n) is 8.55. The molecule has 1 saturated heterocycles. The van der Waals surface area contributed by atoms with Crippen LogP contribution in [0.3, 0.4) is 0 Å². The number of methoxy groups -OCH3 is 1. The predicted octanol–water partition coefficient (Wildman–Crippen LogP) is 3.39. The number of hydrogen-bond acceptors (Lipinski definition) is 6. The minimum atomic E-state index is -2.76. The van der Waals surface area contributed by atoms with Gasteiger partial charge in [0.1, 0.15) is 5.84 Å². The van der Waals surface area contributed by atoms with Crippen molar-refractivity contribution in [1.29, 1.82) is 0 Å². The van der Waals surface area contributed by atoms with Crippen LogP contribution in [0.15, 0.2) is 35.6 Å². The molecule has 2 atom stereocenters. The zero-order chi connectivity index (χ0) is 23.9. The van der Waals surface area contributed by atoms with E-state index in [1.54, 1.807) is 22.7 Å². The molecular weight excluding hydrogens is 428 g/mol. The van der Waals surface area contributed by atoms with Crippen molar-refractivity contribution in [2.24, 2.45) is 10.7 Å². The molecule has 33 heavy (non-hydrogen) atoms. The van der Waals surface area contributed by atoms with Gasteiger partial charge in [0.25, 0.3) is 6.43 Å². The van der Waals surface area contributed by atoms with Gasteiger partial charge in [-0.2, -0.15) is 0 Å². The maximum atomic E-state index is 14.1. The van der Waals surface area contributed by atoms with Crippen LogP contribution in [-0.4, -0.2) is 47.5 Å². The van der Waals surface area contributed by atoms with E-state index >= 15 is 0 Å². The topological polar surface area (TPSA) is 106 Å². The highest BCUT2D eigenvalue weighted by atomic mass is 19.3. The average molecular weight is 458 g/mol. The lowest BCUT2D eigenvalue weighted by Crippen LogP contribution is -2.54. The Kier molecular flexibility index (Phi) is 6.11. The fourth-order valence-corrected chi connectivity index (χ4v) is 4.44. The van der Waals surface area contributed by atoms with Crippen molar-refractivity contribution in [3.8, 4) is 5.75 Å². The molecule has 8 nitrogen and oxygen atoms in total. The van der Waals surface area contributed by atoms with E-state index in [0.717, 1.165) is 5.69 Å². The Morgan fingerprint density at radius 1 is 1.21 bits per heavy atom. The first-order chi connectivity index (χ1) is 15.7. The van der Waals surface area contributed by atoms with E-state index in [1.807, 2.05) is 13.1 Å². The summed E-state index contributed by atoms with van der Waals surface area (Å²) in [6.45, 7) is 7.37. The zero-order valence-corrected chi connectivity index (χ0v) is 19.1. The molecule has 3 aromatic rings. The van der Waals surface area contributed by atoms with Crippen LogP contribution < -0.4 is 26.4 Å². The highest BCUT2D eigenvalue weighted by Crippen LogP contribution is 2.34. The molecule has 1 aliphatic heterocycles. The van der Waals surface area contributed by atoms with E-state index in [-0.39, 0.29) is 34.7 Å². The lowest BCUT2D eigenvalue weighted by molar-refractivity contribution is 0.151. The van der Waals surface area contributed by atoms with Crippen LogP contribution in [-0.2, 0) is 0 Å². The number of ether oxygens (including phenoxy) is 1. The minimum absolute atomic E-state index is 0.0471. The molecular formula is C23H29F2N7O. The van der Waals surface area contributed by atoms with Crippen LogP contribution in [0.1, 0.15) is 37.1 Å². The van der Waals surface area contributed by atoms with E-state index in [0.29, 0.717) is 35.9 Å². The quantitative estimate of drug-likeness (QED) is 0.308. The lowest BCUT2D eigenvalue weighted by atomic mass is 10.0. The Bertz CT molecular complexity index is 1200. The van der Waals surface area contributed by atoms with Crippen LogP contribution >= 0.6 is 0 Å². The number of nitrogens with two attached hydrogens (primary N) is 2. The Labute approximate surface area is 191 Å². The summed E-state index contributed by atoms with van der Waals surface area (Å²) < 4.78 is 35.4. The molecule has 0 aliphatic carbocycles. The van der Waals surface area contributed by atoms with E-state index in [1.165, 1.54) is 13.2 Å². The van der Waals surface area contributed by atoms with Gasteiger partial charge in [0, 0.05) is 66.1 Å². The van der Waals surface area contributed by atoms with E-state index < -0.39 is 6.43 Å². The fourth-order valence-electron chi connectivity index (χ4n) is 4.44. The third kappa shape index (κ3) is 4.56. The van der Waals surface area contributed by atoms with Crippen LogP contribution in [0.2, 0.25) is 0 Å². The second-order valence-corrected chi connectivity index (χ2v) is 8.55. The number of fused-ring (bicyclic) bond motifs is 1. The summed E-state index contributed by atoms with van der Waals surface area (Å²) in [4.78, 5) is 10.9. The minimum Gasteiger partial charge on any atom is -0.493 e. The molecule has 1 aliphatic rings. The van der Waals surface area contributed by atoms with Crippen LogP contribution in [0.25, 0.3) is 5.65 Å². The van der Waals surface area contributed by atoms with E-state index in [4.69, 9.17) is 16.2 Å². The van der Waals surface area contributed by atoms with Crippen molar-refractivity contribution in [2.45, 2.75) is 39.3 Å². The van der Waals surface area contributed by atoms with Crippen molar-refractivity contribution in [1.82, 2.24) is 14.7 Å². The van der Waals surface area contributed by atoms with Gasteiger partial charge < -0.3 is 30.8 Å². The number of alkyl halides is 2. The van der Waals surface area contributed by atoms with Gasteiger partial charge in [-0.3, -0.25) is 0 Å². The van der Waals surface area contributed by atoms with Gasteiger partial charge >= 0.3 is 0 Å². The van der Waals surface area contributed by atoms with Crippen molar-refractivity contribution in [3.05, 3.63) is 47.4 Å². The molecule has 0 radical (unpaired) electrons. The first-order valence-corrected chi connectivity index (χ1v) is 10.8. The number of rotatable bonds is 5. The number of halogens is 2. The Morgan fingerprint density at radius 3 is 2.55 bits per heavy atom. The molecule has 0 spiro atoms. The van der Waals surface area contributed by atoms with Crippen molar-refractivity contribution < 1.29 is 13.5 Å². The summed E-state index contributed by atoms with van der Waals surface area (Å²) in [7, 11) is 1.53. The third-order valence-electron chi connectivity index (χ3n) is 5.69. The van der Waals surface area contributed by atoms with Crippen LogP contribution in [0.4, 0.5) is 25.8 Å². The number of benzene rings is 1. The number of nitrogens with zero attached hydrogens (tertiary/aromatic N) is 4. The smallest absolute Gasteiger partial charge is 0.264 e. The summed E-state index contributed by atoms with van der Waals surface area (Å²) >= 11 is 0. The van der Waals surface area contributed by atoms with Gasteiger partial charge in [0.2, 0.25) is 0 Å². The van der Waals surface area contributed by atoms with Gasteiger partial charge in [0.05, 0.1) is 18.5 Å². The molecule has 1 fully saturated rings. The molecule has 4 rings (SSSR count).